The lowest BCUT2D eigenvalue weighted by molar-refractivity contribution is -0.121. The first-order chi connectivity index (χ1) is 13.0. The Morgan fingerprint density at radius 3 is 2.52 bits per heavy atom. The summed E-state index contributed by atoms with van der Waals surface area (Å²) in [5, 5.41) is 4.92. The van der Waals surface area contributed by atoms with Crippen molar-refractivity contribution in [3.63, 3.8) is 0 Å². The van der Waals surface area contributed by atoms with E-state index < -0.39 is 11.8 Å². The molecular formula is C18H14Cl2N4O3. The summed E-state index contributed by atoms with van der Waals surface area (Å²) in [7, 11) is 0. The third-order valence-electron chi connectivity index (χ3n) is 3.54. The fourth-order valence-corrected chi connectivity index (χ4v) is 2.50. The molecule has 138 valence electrons. The van der Waals surface area contributed by atoms with E-state index in [4.69, 9.17) is 27.7 Å². The molecule has 3 aromatic rings. The van der Waals surface area contributed by atoms with E-state index in [1.54, 1.807) is 42.5 Å². The van der Waals surface area contributed by atoms with Gasteiger partial charge in [-0.3, -0.25) is 20.4 Å². The maximum absolute atomic E-state index is 11.9. The molecule has 3 rings (SSSR count). The van der Waals surface area contributed by atoms with Crippen LogP contribution < -0.4 is 10.9 Å². The minimum atomic E-state index is -0.464. The van der Waals surface area contributed by atoms with Crippen LogP contribution >= 0.6 is 23.2 Å². The van der Waals surface area contributed by atoms with Crippen molar-refractivity contribution in [2.24, 2.45) is 0 Å². The third kappa shape index (κ3) is 5.29. The Morgan fingerprint density at radius 2 is 1.78 bits per heavy atom. The summed E-state index contributed by atoms with van der Waals surface area (Å²) in [6.07, 6.45) is 0.303. The number of aryl methyl sites for hydroxylation is 1. The Kier molecular flexibility index (Phi) is 6.05. The molecule has 0 aliphatic heterocycles. The topological polar surface area (TPSA) is 97.1 Å². The predicted octanol–water partition coefficient (Wildman–Crippen LogP) is 3.44. The van der Waals surface area contributed by atoms with Gasteiger partial charge in [0, 0.05) is 34.0 Å². The SMILES string of the molecule is O=C(CCc1nc(-c2ccc(Cl)cc2)no1)NNC(=O)c1cccc(Cl)c1. The van der Waals surface area contributed by atoms with Crippen molar-refractivity contribution in [3.8, 4) is 11.4 Å². The Balaban J connectivity index is 1.48. The predicted molar refractivity (Wildman–Crippen MR) is 100 cm³/mol. The van der Waals surface area contributed by atoms with Crippen LogP contribution in [0.1, 0.15) is 22.7 Å². The lowest BCUT2D eigenvalue weighted by Crippen LogP contribution is -2.41. The molecule has 0 bridgehead atoms. The number of halogens is 2. The first-order valence-corrected chi connectivity index (χ1v) is 8.70. The summed E-state index contributed by atoms with van der Waals surface area (Å²) in [6.45, 7) is 0. The summed E-state index contributed by atoms with van der Waals surface area (Å²) < 4.78 is 5.13. The molecule has 0 aliphatic rings. The molecule has 0 saturated heterocycles. The van der Waals surface area contributed by atoms with Crippen molar-refractivity contribution < 1.29 is 14.1 Å². The lowest BCUT2D eigenvalue weighted by atomic mass is 10.2. The molecule has 0 spiro atoms. The van der Waals surface area contributed by atoms with Crippen LogP contribution in [0.2, 0.25) is 10.0 Å². The third-order valence-corrected chi connectivity index (χ3v) is 4.03. The number of benzene rings is 2. The van der Waals surface area contributed by atoms with Crippen LogP contribution in [0.3, 0.4) is 0 Å². The highest BCUT2D eigenvalue weighted by molar-refractivity contribution is 6.31. The standard InChI is InChI=1S/C18H14Cl2N4O3/c19-13-6-4-11(5-7-13)17-21-16(27-24-17)9-8-15(25)22-23-18(26)12-2-1-3-14(20)10-12/h1-7,10H,8-9H2,(H,22,25)(H,23,26). The molecule has 0 aliphatic carbocycles. The maximum atomic E-state index is 11.9. The van der Waals surface area contributed by atoms with E-state index in [1.165, 1.54) is 6.07 Å². The normalized spacial score (nSPS) is 10.4. The molecule has 0 fully saturated rings. The zero-order valence-electron chi connectivity index (χ0n) is 13.9. The second-order valence-corrected chi connectivity index (χ2v) is 6.40. The average molecular weight is 405 g/mol. The highest BCUT2D eigenvalue weighted by atomic mass is 35.5. The molecule has 9 heteroatoms. The molecule has 2 aromatic carbocycles. The Labute approximate surface area is 164 Å². The van der Waals surface area contributed by atoms with Crippen LogP contribution in [-0.2, 0) is 11.2 Å². The Bertz CT molecular complexity index is 957. The Hall–Kier alpha value is -2.90. The van der Waals surface area contributed by atoms with Crippen molar-refractivity contribution in [1.82, 2.24) is 21.0 Å². The van der Waals surface area contributed by atoms with Crippen molar-refractivity contribution in [2.45, 2.75) is 12.8 Å². The first kappa shape index (κ1) is 18.9. The van der Waals surface area contributed by atoms with Crippen LogP contribution in [0, 0.1) is 0 Å². The number of carbonyl (C=O) groups excluding carboxylic acids is 2. The number of rotatable bonds is 5. The quantitative estimate of drug-likeness (QED) is 0.634. The van der Waals surface area contributed by atoms with E-state index in [1.807, 2.05) is 0 Å². The van der Waals surface area contributed by atoms with Gasteiger partial charge in [-0.2, -0.15) is 4.98 Å². The zero-order valence-corrected chi connectivity index (χ0v) is 15.4. The number of hydrogen-bond acceptors (Lipinski definition) is 5. The second-order valence-electron chi connectivity index (χ2n) is 5.53. The summed E-state index contributed by atoms with van der Waals surface area (Å²) in [6, 6.07) is 13.4. The molecule has 0 saturated carbocycles. The summed E-state index contributed by atoms with van der Waals surface area (Å²) in [5.74, 6) is -0.127. The van der Waals surface area contributed by atoms with Gasteiger partial charge in [0.2, 0.25) is 17.6 Å². The Morgan fingerprint density at radius 1 is 1.00 bits per heavy atom. The molecule has 0 unspecified atom stereocenters. The number of nitrogens with one attached hydrogen (secondary N) is 2. The number of hydrogen-bond donors (Lipinski definition) is 2. The van der Waals surface area contributed by atoms with E-state index >= 15 is 0 Å². The van der Waals surface area contributed by atoms with Gasteiger partial charge in [0.05, 0.1) is 0 Å². The maximum Gasteiger partial charge on any atom is 0.269 e. The van der Waals surface area contributed by atoms with Gasteiger partial charge in [-0.15, -0.1) is 0 Å². The van der Waals surface area contributed by atoms with Gasteiger partial charge in [0.15, 0.2) is 0 Å². The van der Waals surface area contributed by atoms with E-state index in [2.05, 4.69) is 21.0 Å². The lowest BCUT2D eigenvalue weighted by Gasteiger charge is -2.06. The smallest absolute Gasteiger partial charge is 0.269 e. The van der Waals surface area contributed by atoms with Crippen LogP contribution in [-0.4, -0.2) is 22.0 Å². The first-order valence-electron chi connectivity index (χ1n) is 7.94. The number of nitrogens with zero attached hydrogens (tertiary/aromatic N) is 2. The number of amides is 2. The molecule has 0 radical (unpaired) electrons. The molecule has 0 atom stereocenters. The monoisotopic (exact) mass is 404 g/mol. The van der Waals surface area contributed by atoms with E-state index in [0.29, 0.717) is 27.3 Å². The van der Waals surface area contributed by atoms with Crippen molar-refractivity contribution in [3.05, 3.63) is 70.0 Å². The van der Waals surface area contributed by atoms with Crippen LogP contribution in [0.15, 0.2) is 53.1 Å². The van der Waals surface area contributed by atoms with Gasteiger partial charge in [-0.05, 0) is 42.5 Å². The summed E-state index contributed by atoms with van der Waals surface area (Å²) >= 11 is 11.7. The highest BCUT2D eigenvalue weighted by Crippen LogP contribution is 2.19. The largest absolute Gasteiger partial charge is 0.339 e. The zero-order chi connectivity index (χ0) is 19.2. The number of carbonyl (C=O) groups is 2. The van der Waals surface area contributed by atoms with E-state index in [-0.39, 0.29) is 12.8 Å². The highest BCUT2D eigenvalue weighted by Gasteiger charge is 2.12. The minimum Gasteiger partial charge on any atom is -0.339 e. The van der Waals surface area contributed by atoms with Gasteiger partial charge < -0.3 is 4.52 Å². The van der Waals surface area contributed by atoms with Crippen molar-refractivity contribution in [1.29, 1.82) is 0 Å². The number of aromatic nitrogens is 2. The summed E-state index contributed by atoms with van der Waals surface area (Å²) in [5.41, 5.74) is 5.75. The van der Waals surface area contributed by atoms with Gasteiger partial charge in [-0.1, -0.05) is 34.4 Å². The summed E-state index contributed by atoms with van der Waals surface area (Å²) in [4.78, 5) is 28.0. The van der Waals surface area contributed by atoms with Crippen LogP contribution in [0.25, 0.3) is 11.4 Å². The molecule has 27 heavy (non-hydrogen) atoms. The van der Waals surface area contributed by atoms with Gasteiger partial charge in [0.25, 0.3) is 5.91 Å². The van der Waals surface area contributed by atoms with Gasteiger partial charge >= 0.3 is 0 Å². The molecular weight excluding hydrogens is 391 g/mol. The van der Waals surface area contributed by atoms with Gasteiger partial charge in [-0.25, -0.2) is 0 Å². The average Bonchev–Trinajstić information content (AvgIpc) is 3.14. The number of hydrazine groups is 1. The van der Waals surface area contributed by atoms with Crippen molar-refractivity contribution in [2.75, 3.05) is 0 Å². The minimum absolute atomic E-state index is 0.0675. The molecule has 2 N–H and O–H groups in total. The van der Waals surface area contributed by atoms with E-state index in [0.717, 1.165) is 5.56 Å². The van der Waals surface area contributed by atoms with Crippen LogP contribution in [0.4, 0.5) is 0 Å². The second kappa shape index (κ2) is 8.66. The fourth-order valence-electron chi connectivity index (χ4n) is 2.18. The van der Waals surface area contributed by atoms with Crippen LogP contribution in [0.5, 0.6) is 0 Å². The molecule has 2 amide bonds. The van der Waals surface area contributed by atoms with Crippen molar-refractivity contribution >= 4 is 35.0 Å². The van der Waals surface area contributed by atoms with E-state index in [9.17, 15) is 9.59 Å². The van der Waals surface area contributed by atoms with Gasteiger partial charge in [0.1, 0.15) is 0 Å². The molecule has 1 heterocycles. The molecule has 1 aromatic heterocycles. The fraction of sp³-hybridized carbons (Fsp3) is 0.111. The molecule has 7 nitrogen and oxygen atoms in total.